The first-order valence-electron chi connectivity index (χ1n) is 9.57. The van der Waals surface area contributed by atoms with Crippen molar-refractivity contribution in [1.82, 2.24) is 9.66 Å². The van der Waals surface area contributed by atoms with Gasteiger partial charge in [0, 0.05) is 9.89 Å². The lowest BCUT2D eigenvalue weighted by molar-refractivity contribution is -0.119. The largest absolute Gasteiger partial charge is 0.493 e. The maximum Gasteiger partial charge on any atom is 0.282 e. The number of primary amides is 1. The Morgan fingerprint density at radius 3 is 2.66 bits per heavy atom. The van der Waals surface area contributed by atoms with Crippen LogP contribution in [0.3, 0.4) is 0 Å². The van der Waals surface area contributed by atoms with Gasteiger partial charge in [-0.1, -0.05) is 36.7 Å². The molecule has 3 rings (SSSR count). The van der Waals surface area contributed by atoms with Crippen molar-refractivity contribution >= 4 is 61.5 Å². The number of benzene rings is 2. The van der Waals surface area contributed by atoms with Crippen molar-refractivity contribution in [2.75, 3.05) is 13.7 Å². The van der Waals surface area contributed by atoms with Crippen LogP contribution >= 0.6 is 38.5 Å². The van der Waals surface area contributed by atoms with E-state index < -0.39 is 11.3 Å². The smallest absolute Gasteiger partial charge is 0.282 e. The van der Waals surface area contributed by atoms with E-state index >= 15 is 0 Å². The predicted octanol–water partition coefficient (Wildman–Crippen LogP) is 3.82. The molecule has 0 aliphatic rings. The Morgan fingerprint density at radius 1 is 1.31 bits per heavy atom. The molecule has 0 fully saturated rings. The summed E-state index contributed by atoms with van der Waals surface area (Å²) in [6.45, 7) is 5.66. The Hall–Kier alpha value is -2.47. The fraction of sp³-hybridized carbons (Fsp3) is 0.273. The minimum atomic E-state index is -0.585. The van der Waals surface area contributed by atoms with Gasteiger partial charge in [-0.25, -0.2) is 4.98 Å². The molecule has 2 N–H and O–H groups in total. The molecule has 0 spiro atoms. The molecule has 1 aromatic heterocycles. The third-order valence-corrected chi connectivity index (χ3v) is 5.71. The summed E-state index contributed by atoms with van der Waals surface area (Å²) < 4.78 is 13.7. The molecular weight excluding hydrogens is 591 g/mol. The minimum Gasteiger partial charge on any atom is -0.493 e. The zero-order chi connectivity index (χ0) is 23.6. The van der Waals surface area contributed by atoms with Crippen LogP contribution in [0.15, 0.2) is 44.7 Å². The van der Waals surface area contributed by atoms with Crippen molar-refractivity contribution in [3.8, 4) is 11.5 Å². The van der Waals surface area contributed by atoms with Crippen molar-refractivity contribution < 1.29 is 14.3 Å². The summed E-state index contributed by atoms with van der Waals surface area (Å²) in [5.41, 5.74) is 5.77. The van der Waals surface area contributed by atoms with E-state index in [2.05, 4.69) is 43.6 Å². The second-order valence-corrected chi connectivity index (χ2v) is 10.1. The second kappa shape index (κ2) is 9.57. The van der Waals surface area contributed by atoms with E-state index in [1.807, 2.05) is 32.9 Å². The molecule has 1 heterocycles. The molecule has 0 aliphatic heterocycles. The van der Waals surface area contributed by atoms with Gasteiger partial charge in [-0.2, -0.15) is 9.78 Å². The molecule has 1 amide bonds. The highest BCUT2D eigenvalue weighted by Gasteiger charge is 2.23. The number of amides is 1. The topological polar surface area (TPSA) is 109 Å². The molecule has 0 aliphatic carbocycles. The number of rotatable bonds is 6. The number of ether oxygens (including phenoxy) is 2. The molecule has 8 nitrogen and oxygen atoms in total. The number of carbonyl (C=O) groups excluding carboxylic acids is 1. The predicted molar refractivity (Wildman–Crippen MR) is 136 cm³/mol. The summed E-state index contributed by atoms with van der Waals surface area (Å²) in [6.07, 6.45) is 1.56. The molecule has 0 atom stereocenters. The van der Waals surface area contributed by atoms with Gasteiger partial charge in [0.2, 0.25) is 0 Å². The molecule has 0 bridgehead atoms. The van der Waals surface area contributed by atoms with Crippen LogP contribution in [-0.4, -0.2) is 35.5 Å². The molecule has 10 heteroatoms. The van der Waals surface area contributed by atoms with Crippen molar-refractivity contribution in [3.63, 3.8) is 0 Å². The SMILES string of the molecule is COc1cc(C=Nn2c(C(C)(C)C)nc3ccc(Br)cc3c2=O)cc(I)c1OCC(N)=O. The van der Waals surface area contributed by atoms with Crippen LogP contribution in [0.5, 0.6) is 11.5 Å². The van der Waals surface area contributed by atoms with Gasteiger partial charge in [-0.05, 0) is 58.5 Å². The first kappa shape index (κ1) is 24.2. The van der Waals surface area contributed by atoms with Gasteiger partial charge in [0.25, 0.3) is 11.5 Å². The number of halogens is 2. The van der Waals surface area contributed by atoms with Crippen LogP contribution in [0, 0.1) is 3.57 Å². The molecule has 0 radical (unpaired) electrons. The maximum atomic E-state index is 13.3. The highest BCUT2D eigenvalue weighted by atomic mass is 127. The summed E-state index contributed by atoms with van der Waals surface area (Å²) in [5, 5.41) is 4.93. The van der Waals surface area contributed by atoms with E-state index in [1.54, 1.807) is 24.4 Å². The van der Waals surface area contributed by atoms with E-state index in [1.165, 1.54) is 11.8 Å². The number of hydrogen-bond donors (Lipinski definition) is 1. The second-order valence-electron chi connectivity index (χ2n) is 8.00. The number of nitrogens with two attached hydrogens (primary N) is 1. The van der Waals surface area contributed by atoms with Gasteiger partial charge in [0.15, 0.2) is 18.1 Å². The van der Waals surface area contributed by atoms with Gasteiger partial charge in [0.1, 0.15) is 5.82 Å². The lowest BCUT2D eigenvalue weighted by Gasteiger charge is -2.21. The van der Waals surface area contributed by atoms with Crippen molar-refractivity contribution in [3.05, 3.63) is 60.1 Å². The van der Waals surface area contributed by atoms with Crippen LogP contribution in [0.1, 0.15) is 32.2 Å². The Balaban J connectivity index is 2.12. The molecule has 0 unspecified atom stereocenters. The molecule has 0 saturated heterocycles. The number of carbonyl (C=O) groups is 1. The average molecular weight is 613 g/mol. The minimum absolute atomic E-state index is 0.261. The van der Waals surface area contributed by atoms with Gasteiger partial charge < -0.3 is 15.2 Å². The molecule has 168 valence electrons. The number of methoxy groups -OCH3 is 1. The van der Waals surface area contributed by atoms with E-state index in [0.717, 1.165) is 4.47 Å². The average Bonchev–Trinajstić information content (AvgIpc) is 2.71. The monoisotopic (exact) mass is 612 g/mol. The van der Waals surface area contributed by atoms with Gasteiger partial charge in [-0.3, -0.25) is 9.59 Å². The van der Waals surface area contributed by atoms with E-state index in [0.29, 0.717) is 37.4 Å². The summed E-state index contributed by atoms with van der Waals surface area (Å²) in [7, 11) is 1.50. The number of nitrogens with zero attached hydrogens (tertiary/aromatic N) is 3. The molecule has 3 aromatic rings. The standard InChI is InChI=1S/C22H22BrIN4O4/c1-22(2,3)21-27-16-6-5-13(23)9-14(16)20(30)28(21)26-10-12-7-15(24)19(17(8-12)31-4)32-11-18(25)29/h5-10H,11H2,1-4H3,(H2,25,29). The first-order chi connectivity index (χ1) is 15.0. The summed E-state index contributed by atoms with van der Waals surface area (Å²) in [4.78, 5) is 29.0. The Labute approximate surface area is 207 Å². The van der Waals surface area contributed by atoms with E-state index in [4.69, 9.17) is 20.2 Å². The van der Waals surface area contributed by atoms with Crippen LogP contribution in [-0.2, 0) is 10.2 Å². The fourth-order valence-corrected chi connectivity index (χ4v) is 4.11. The number of fused-ring (bicyclic) bond motifs is 1. The van der Waals surface area contributed by atoms with Crippen molar-refractivity contribution in [1.29, 1.82) is 0 Å². The van der Waals surface area contributed by atoms with Gasteiger partial charge in [-0.15, -0.1) is 0 Å². The van der Waals surface area contributed by atoms with E-state index in [-0.39, 0.29) is 12.2 Å². The Morgan fingerprint density at radius 2 is 2.03 bits per heavy atom. The quantitative estimate of drug-likeness (QED) is 0.336. The fourth-order valence-electron chi connectivity index (χ4n) is 2.96. The van der Waals surface area contributed by atoms with Crippen LogP contribution in [0.4, 0.5) is 0 Å². The first-order valence-corrected chi connectivity index (χ1v) is 11.4. The summed E-state index contributed by atoms with van der Waals surface area (Å²) in [6, 6.07) is 8.90. The van der Waals surface area contributed by atoms with Crippen LogP contribution in [0.25, 0.3) is 10.9 Å². The zero-order valence-electron chi connectivity index (χ0n) is 18.0. The zero-order valence-corrected chi connectivity index (χ0v) is 21.7. The lowest BCUT2D eigenvalue weighted by atomic mass is 9.95. The molecule has 2 aromatic carbocycles. The summed E-state index contributed by atoms with van der Waals surface area (Å²) in [5.74, 6) is 0.784. The highest BCUT2D eigenvalue weighted by molar-refractivity contribution is 14.1. The number of aromatic nitrogens is 2. The normalized spacial score (nSPS) is 11.8. The van der Waals surface area contributed by atoms with E-state index in [9.17, 15) is 9.59 Å². The van der Waals surface area contributed by atoms with Crippen LogP contribution in [0.2, 0.25) is 0 Å². The van der Waals surface area contributed by atoms with Gasteiger partial charge in [0.05, 0.1) is 27.8 Å². The van der Waals surface area contributed by atoms with Gasteiger partial charge >= 0.3 is 0 Å². The molecule has 32 heavy (non-hydrogen) atoms. The third kappa shape index (κ3) is 5.29. The Bertz CT molecular complexity index is 1280. The van der Waals surface area contributed by atoms with Crippen LogP contribution < -0.4 is 20.8 Å². The maximum absolute atomic E-state index is 13.3. The third-order valence-electron chi connectivity index (χ3n) is 4.41. The number of hydrogen-bond acceptors (Lipinski definition) is 6. The Kier molecular flexibility index (Phi) is 7.23. The molecular formula is C22H22BrIN4O4. The lowest BCUT2D eigenvalue weighted by Crippen LogP contribution is -2.29. The van der Waals surface area contributed by atoms with Crippen molar-refractivity contribution in [2.24, 2.45) is 10.8 Å². The summed E-state index contributed by atoms with van der Waals surface area (Å²) >= 11 is 5.48. The molecule has 0 saturated carbocycles. The van der Waals surface area contributed by atoms with Crippen molar-refractivity contribution in [2.45, 2.75) is 26.2 Å². The highest BCUT2D eigenvalue weighted by Crippen LogP contribution is 2.33.